The van der Waals surface area contributed by atoms with Crippen molar-refractivity contribution in [1.29, 1.82) is 0 Å². The highest BCUT2D eigenvalue weighted by atomic mass is 16.5. The van der Waals surface area contributed by atoms with Gasteiger partial charge in [-0.1, -0.05) is 74.4 Å². The molecule has 0 bridgehead atoms. The molecule has 0 spiro atoms. The first-order valence-electron chi connectivity index (χ1n) is 13.2. The van der Waals surface area contributed by atoms with E-state index in [-0.39, 0.29) is 23.9 Å². The maximum Gasteiger partial charge on any atom is 0.342 e. The third-order valence-corrected chi connectivity index (χ3v) is 6.11. The number of aromatic hydroxyl groups is 1. The molecule has 0 aliphatic carbocycles. The first kappa shape index (κ1) is 31.4. The SMILES string of the molecule is COC(=O)c1ccccc1NCCC(C)CCCC(C)(C)O.O=C(OCc1ccccc1)c1ccccc1O. The summed E-state index contributed by atoms with van der Waals surface area (Å²) in [5.74, 6) is -0.320. The number of esters is 2. The Balaban J connectivity index is 0.000000282. The van der Waals surface area contributed by atoms with E-state index in [9.17, 15) is 19.8 Å². The van der Waals surface area contributed by atoms with E-state index in [4.69, 9.17) is 9.47 Å². The molecule has 39 heavy (non-hydrogen) atoms. The molecule has 3 N–H and O–H groups in total. The molecule has 0 radical (unpaired) electrons. The van der Waals surface area contributed by atoms with Gasteiger partial charge < -0.3 is 25.0 Å². The second kappa shape index (κ2) is 16.2. The molecule has 0 aliphatic heterocycles. The van der Waals surface area contributed by atoms with E-state index in [0.717, 1.165) is 43.5 Å². The minimum absolute atomic E-state index is 0.0643. The molecule has 3 rings (SSSR count). The fourth-order valence-electron chi connectivity index (χ4n) is 3.85. The number of para-hydroxylation sites is 2. The summed E-state index contributed by atoms with van der Waals surface area (Å²) >= 11 is 0. The molecular formula is C32H41NO6. The quantitative estimate of drug-likeness (QED) is 0.224. The van der Waals surface area contributed by atoms with Crippen molar-refractivity contribution in [2.75, 3.05) is 19.0 Å². The Labute approximate surface area is 231 Å². The standard InChI is InChI=1S/C18H29NO3.C14H12O3/c1-14(8-7-12-18(2,3)21)11-13-19-16-10-6-5-9-15(16)17(20)22-4;15-13-9-5-4-8-12(13)14(16)17-10-11-6-2-1-3-7-11/h5-6,9-10,14,19,21H,7-8,11-13H2,1-4H3;1-9,15H,10H2. The minimum atomic E-state index is -0.572. The Morgan fingerprint density at radius 3 is 2.13 bits per heavy atom. The van der Waals surface area contributed by atoms with Crippen molar-refractivity contribution in [3.8, 4) is 5.75 Å². The maximum absolute atomic E-state index is 11.7. The van der Waals surface area contributed by atoms with Crippen molar-refractivity contribution >= 4 is 17.6 Å². The number of nitrogens with one attached hydrogen (secondary N) is 1. The Morgan fingerprint density at radius 1 is 0.872 bits per heavy atom. The lowest BCUT2D eigenvalue weighted by molar-refractivity contribution is 0.0468. The maximum atomic E-state index is 11.7. The molecular weight excluding hydrogens is 494 g/mol. The van der Waals surface area contributed by atoms with Crippen LogP contribution in [0, 0.1) is 5.92 Å². The van der Waals surface area contributed by atoms with Crippen LogP contribution in [0.15, 0.2) is 78.9 Å². The van der Waals surface area contributed by atoms with Crippen LogP contribution in [0.25, 0.3) is 0 Å². The van der Waals surface area contributed by atoms with Gasteiger partial charge in [0.05, 0.1) is 18.3 Å². The van der Waals surface area contributed by atoms with Crippen LogP contribution < -0.4 is 5.32 Å². The number of phenolic OH excluding ortho intramolecular Hbond substituents is 1. The summed E-state index contributed by atoms with van der Waals surface area (Å²) in [6.45, 7) is 6.94. The lowest BCUT2D eigenvalue weighted by atomic mass is 9.95. The van der Waals surface area contributed by atoms with E-state index in [2.05, 4.69) is 12.2 Å². The van der Waals surface area contributed by atoms with Crippen molar-refractivity contribution < 1.29 is 29.3 Å². The van der Waals surface area contributed by atoms with Crippen molar-refractivity contribution in [1.82, 2.24) is 0 Å². The number of methoxy groups -OCH3 is 1. The Kier molecular flexibility index (Phi) is 13.0. The topological polar surface area (TPSA) is 105 Å². The molecule has 7 nitrogen and oxygen atoms in total. The van der Waals surface area contributed by atoms with Gasteiger partial charge in [0, 0.05) is 12.2 Å². The summed E-state index contributed by atoms with van der Waals surface area (Å²) in [5.41, 5.74) is 1.91. The number of aliphatic hydroxyl groups is 1. The number of anilines is 1. The second-order valence-electron chi connectivity index (χ2n) is 10.1. The molecule has 3 aromatic rings. The van der Waals surface area contributed by atoms with E-state index in [1.807, 2.05) is 62.4 Å². The van der Waals surface area contributed by atoms with Gasteiger partial charge >= 0.3 is 11.9 Å². The molecule has 7 heteroatoms. The van der Waals surface area contributed by atoms with Crippen molar-refractivity contribution in [3.63, 3.8) is 0 Å². The van der Waals surface area contributed by atoms with Gasteiger partial charge in [0.2, 0.25) is 0 Å². The van der Waals surface area contributed by atoms with Crippen LogP contribution in [0.5, 0.6) is 5.75 Å². The molecule has 1 atom stereocenters. The molecule has 0 aliphatic rings. The van der Waals surface area contributed by atoms with Crippen LogP contribution in [-0.2, 0) is 16.1 Å². The number of benzene rings is 3. The Bertz CT molecular complexity index is 1160. The predicted molar refractivity (Wildman–Crippen MR) is 154 cm³/mol. The third-order valence-electron chi connectivity index (χ3n) is 6.11. The number of carbonyl (C=O) groups is 2. The molecule has 0 amide bonds. The number of ether oxygens (including phenoxy) is 2. The fourth-order valence-corrected chi connectivity index (χ4v) is 3.85. The van der Waals surface area contributed by atoms with Gasteiger partial charge in [0.25, 0.3) is 0 Å². The predicted octanol–water partition coefficient (Wildman–Crippen LogP) is 6.60. The molecule has 210 valence electrons. The number of hydrogen-bond donors (Lipinski definition) is 3. The van der Waals surface area contributed by atoms with E-state index in [1.165, 1.54) is 19.2 Å². The molecule has 0 saturated carbocycles. The summed E-state index contributed by atoms with van der Waals surface area (Å²) in [6.07, 6.45) is 3.99. The average molecular weight is 536 g/mol. The number of phenols is 1. The summed E-state index contributed by atoms with van der Waals surface area (Å²) in [4.78, 5) is 23.3. The van der Waals surface area contributed by atoms with Gasteiger partial charge in [-0.25, -0.2) is 9.59 Å². The molecule has 0 aromatic heterocycles. The van der Waals surface area contributed by atoms with Crippen LogP contribution in [0.4, 0.5) is 5.69 Å². The molecule has 3 aromatic carbocycles. The zero-order valence-corrected chi connectivity index (χ0v) is 23.4. The largest absolute Gasteiger partial charge is 0.507 e. The van der Waals surface area contributed by atoms with E-state index in [1.54, 1.807) is 18.2 Å². The minimum Gasteiger partial charge on any atom is -0.507 e. The number of carbonyl (C=O) groups excluding carboxylic acids is 2. The normalized spacial score (nSPS) is 11.5. The smallest absolute Gasteiger partial charge is 0.342 e. The second-order valence-corrected chi connectivity index (χ2v) is 10.1. The van der Waals surface area contributed by atoms with Crippen LogP contribution in [0.3, 0.4) is 0 Å². The van der Waals surface area contributed by atoms with Gasteiger partial charge in [-0.3, -0.25) is 0 Å². The lowest BCUT2D eigenvalue weighted by Crippen LogP contribution is -2.18. The van der Waals surface area contributed by atoms with Crippen molar-refractivity contribution in [2.45, 2.75) is 58.7 Å². The Hall–Kier alpha value is -3.84. The number of hydrogen-bond acceptors (Lipinski definition) is 7. The number of rotatable bonds is 12. The van der Waals surface area contributed by atoms with Gasteiger partial charge in [0.1, 0.15) is 17.9 Å². The van der Waals surface area contributed by atoms with Crippen molar-refractivity contribution in [3.05, 3.63) is 95.6 Å². The molecule has 1 unspecified atom stereocenters. The third kappa shape index (κ3) is 12.0. The average Bonchev–Trinajstić information content (AvgIpc) is 2.92. The summed E-state index contributed by atoms with van der Waals surface area (Å²) in [5, 5.41) is 22.5. The van der Waals surface area contributed by atoms with Gasteiger partial charge in [-0.05, 0) is 62.4 Å². The van der Waals surface area contributed by atoms with Gasteiger partial charge in [-0.2, -0.15) is 0 Å². The fraction of sp³-hybridized carbons (Fsp3) is 0.375. The molecule has 0 fully saturated rings. The first-order valence-corrected chi connectivity index (χ1v) is 13.2. The lowest BCUT2D eigenvalue weighted by Gasteiger charge is -2.19. The van der Waals surface area contributed by atoms with Crippen LogP contribution in [0.1, 0.15) is 72.7 Å². The van der Waals surface area contributed by atoms with E-state index < -0.39 is 11.6 Å². The highest BCUT2D eigenvalue weighted by molar-refractivity contribution is 5.95. The summed E-state index contributed by atoms with van der Waals surface area (Å²) in [7, 11) is 1.39. The highest BCUT2D eigenvalue weighted by Crippen LogP contribution is 2.20. The van der Waals surface area contributed by atoms with Crippen LogP contribution >= 0.6 is 0 Å². The van der Waals surface area contributed by atoms with E-state index >= 15 is 0 Å². The van der Waals surface area contributed by atoms with Gasteiger partial charge in [-0.15, -0.1) is 0 Å². The Morgan fingerprint density at radius 2 is 1.49 bits per heavy atom. The zero-order valence-electron chi connectivity index (χ0n) is 23.4. The van der Waals surface area contributed by atoms with Crippen molar-refractivity contribution in [2.24, 2.45) is 5.92 Å². The first-order chi connectivity index (χ1) is 18.6. The molecule has 0 saturated heterocycles. The molecule has 0 heterocycles. The monoisotopic (exact) mass is 535 g/mol. The van der Waals surface area contributed by atoms with Crippen LogP contribution in [0.2, 0.25) is 0 Å². The van der Waals surface area contributed by atoms with E-state index in [0.29, 0.717) is 11.5 Å². The summed E-state index contributed by atoms with van der Waals surface area (Å²) < 4.78 is 9.88. The van der Waals surface area contributed by atoms with Gasteiger partial charge in [0.15, 0.2) is 0 Å². The zero-order chi connectivity index (χ0) is 28.7. The highest BCUT2D eigenvalue weighted by Gasteiger charge is 2.14. The van der Waals surface area contributed by atoms with Crippen LogP contribution in [-0.4, -0.2) is 41.4 Å². The summed E-state index contributed by atoms with van der Waals surface area (Å²) in [6, 6.07) is 23.1.